The fourth-order valence-corrected chi connectivity index (χ4v) is 9.99. The fraction of sp³-hybridized carbons (Fsp3) is 0.552. The second-order valence-corrected chi connectivity index (χ2v) is 12.8. The molecule has 3 aliphatic heterocycles. The molecule has 3 saturated heterocycles. The number of amides is 2. The van der Waals surface area contributed by atoms with Crippen molar-refractivity contribution in [1.29, 1.82) is 0 Å². The summed E-state index contributed by atoms with van der Waals surface area (Å²) in [5, 5.41) is 9.70. The number of nitrogens with zero attached hydrogens (tertiary/aromatic N) is 3. The van der Waals surface area contributed by atoms with Crippen LogP contribution in [0.4, 0.5) is 11.4 Å². The summed E-state index contributed by atoms with van der Waals surface area (Å²) in [6, 6.07) is 7.01. The van der Waals surface area contributed by atoms with Crippen molar-refractivity contribution in [3.05, 3.63) is 49.6 Å². The topological polar surface area (TPSA) is 90.4 Å². The number of aliphatic hydroxyl groups is 1. The molecule has 10 heteroatoms. The van der Waals surface area contributed by atoms with E-state index >= 15 is 0 Å². The molecular weight excluding hydrogens is 582 g/mol. The van der Waals surface area contributed by atoms with Gasteiger partial charge in [-0.2, -0.15) is 0 Å². The quantitative estimate of drug-likeness (QED) is 0.156. The van der Waals surface area contributed by atoms with Crippen LogP contribution in [0.3, 0.4) is 0 Å². The molecule has 0 radical (unpaired) electrons. The summed E-state index contributed by atoms with van der Waals surface area (Å²) in [5.41, 5.74) is 1.77. The van der Waals surface area contributed by atoms with Crippen LogP contribution in [-0.2, 0) is 19.1 Å². The maximum Gasteiger partial charge on any atom is 0.310 e. The lowest BCUT2D eigenvalue weighted by Gasteiger charge is -2.37. The number of rotatable bonds is 13. The molecule has 0 aliphatic carbocycles. The minimum Gasteiger partial charge on any atom is -0.465 e. The van der Waals surface area contributed by atoms with Crippen molar-refractivity contribution in [2.45, 2.75) is 47.6 Å². The molecule has 0 saturated carbocycles. The van der Waals surface area contributed by atoms with Gasteiger partial charge in [-0.3, -0.25) is 14.4 Å². The van der Waals surface area contributed by atoms with E-state index in [9.17, 15) is 19.5 Å². The Hall–Kier alpha value is -2.30. The van der Waals surface area contributed by atoms with E-state index in [4.69, 9.17) is 4.74 Å². The number of thioether (sulfide) groups is 1. The average molecular weight is 621 g/mol. The number of carbonyl (C=O) groups excluding carboxylic acids is 3. The van der Waals surface area contributed by atoms with E-state index < -0.39 is 28.6 Å². The van der Waals surface area contributed by atoms with E-state index in [0.29, 0.717) is 18.5 Å². The summed E-state index contributed by atoms with van der Waals surface area (Å²) >= 11 is 5.30. The van der Waals surface area contributed by atoms with Crippen molar-refractivity contribution in [2.24, 2.45) is 11.8 Å². The summed E-state index contributed by atoms with van der Waals surface area (Å²) in [4.78, 5) is 46.9. The molecule has 2 amide bonds. The van der Waals surface area contributed by atoms with Crippen LogP contribution in [0.1, 0.15) is 26.7 Å². The summed E-state index contributed by atoms with van der Waals surface area (Å²) < 4.78 is 4.74. The van der Waals surface area contributed by atoms with E-state index in [0.717, 1.165) is 18.8 Å². The number of aliphatic hydroxyl groups excluding tert-OH is 1. The third-order valence-electron chi connectivity index (χ3n) is 8.07. The highest BCUT2D eigenvalue weighted by Crippen LogP contribution is 2.68. The number of likely N-dealkylation sites (tertiary alicyclic amines) is 1. The van der Waals surface area contributed by atoms with E-state index in [1.54, 1.807) is 28.8 Å². The van der Waals surface area contributed by atoms with Crippen LogP contribution in [0.25, 0.3) is 0 Å². The van der Waals surface area contributed by atoms with Crippen LogP contribution < -0.4 is 9.80 Å². The largest absolute Gasteiger partial charge is 0.465 e. The van der Waals surface area contributed by atoms with Gasteiger partial charge < -0.3 is 24.5 Å². The highest BCUT2D eigenvalue weighted by Gasteiger charge is 2.76. The zero-order valence-corrected chi connectivity index (χ0v) is 25.0. The van der Waals surface area contributed by atoms with Crippen LogP contribution in [0.5, 0.6) is 0 Å². The van der Waals surface area contributed by atoms with E-state index in [-0.39, 0.29) is 48.2 Å². The summed E-state index contributed by atoms with van der Waals surface area (Å²) in [5.74, 6) is -2.26. The van der Waals surface area contributed by atoms with Crippen molar-refractivity contribution < 1.29 is 24.2 Å². The highest BCUT2D eigenvalue weighted by molar-refractivity contribution is 9.09. The number of carbonyl (C=O) groups is 3. The minimum atomic E-state index is -0.828. The number of anilines is 2. The molecule has 39 heavy (non-hydrogen) atoms. The molecule has 212 valence electrons. The first kappa shape index (κ1) is 29.7. The number of hydrogen-bond donors (Lipinski definition) is 1. The van der Waals surface area contributed by atoms with Gasteiger partial charge in [0.1, 0.15) is 6.04 Å². The Morgan fingerprint density at radius 1 is 1.21 bits per heavy atom. The van der Waals surface area contributed by atoms with Crippen LogP contribution in [0.2, 0.25) is 0 Å². The highest BCUT2D eigenvalue weighted by atomic mass is 79.9. The van der Waals surface area contributed by atoms with Gasteiger partial charge in [0.25, 0.3) is 5.91 Å². The number of β-amino-alcohol motifs (C(OH)–C–C–N with tert-alkyl or cyclic N) is 1. The Labute approximate surface area is 243 Å². The first-order valence-corrected chi connectivity index (χ1v) is 15.4. The van der Waals surface area contributed by atoms with Crippen LogP contribution in [-0.4, -0.2) is 88.0 Å². The van der Waals surface area contributed by atoms with Crippen molar-refractivity contribution in [3.63, 3.8) is 0 Å². The van der Waals surface area contributed by atoms with Gasteiger partial charge in [0, 0.05) is 47.6 Å². The number of halogens is 1. The zero-order chi connectivity index (χ0) is 28.3. The molecule has 1 aromatic rings. The molecular formula is C29H38BrN3O5S. The van der Waals surface area contributed by atoms with Gasteiger partial charge in [-0.05, 0) is 51.0 Å². The third kappa shape index (κ3) is 5.15. The van der Waals surface area contributed by atoms with E-state index in [2.05, 4.69) is 47.8 Å². The SMILES string of the molecule is C=CCCOC(=O)[C@H]1[C@@H]2SC3(CC2Br)C(C(=O)N(CC=C)c2ccc(N(CC)CC)cc2)N(CCO)C(=O)[C@H]13. The molecule has 6 atom stereocenters. The smallest absolute Gasteiger partial charge is 0.310 e. The van der Waals surface area contributed by atoms with E-state index in [1.165, 1.54) is 4.90 Å². The van der Waals surface area contributed by atoms with Crippen molar-refractivity contribution in [2.75, 3.05) is 49.2 Å². The summed E-state index contributed by atoms with van der Waals surface area (Å²) in [7, 11) is 0. The van der Waals surface area contributed by atoms with Gasteiger partial charge in [0.2, 0.25) is 5.91 Å². The lowest BCUT2D eigenvalue weighted by molar-refractivity contribution is -0.154. The Bertz CT molecular complexity index is 1100. The molecule has 8 nitrogen and oxygen atoms in total. The van der Waals surface area contributed by atoms with Gasteiger partial charge in [-0.1, -0.05) is 28.1 Å². The van der Waals surface area contributed by atoms with Gasteiger partial charge >= 0.3 is 5.97 Å². The average Bonchev–Trinajstić information content (AvgIpc) is 3.52. The molecule has 0 aromatic heterocycles. The number of fused-ring (bicyclic) bond motifs is 1. The van der Waals surface area contributed by atoms with Crippen molar-refractivity contribution in [3.8, 4) is 0 Å². The Balaban J connectivity index is 1.70. The molecule has 3 fully saturated rings. The van der Waals surface area contributed by atoms with E-state index in [1.807, 2.05) is 24.3 Å². The second-order valence-electron chi connectivity index (χ2n) is 10.1. The molecule has 1 spiro atoms. The first-order valence-electron chi connectivity index (χ1n) is 13.6. The standard InChI is InChI=1S/C29H38BrN3O5S/c1-5-9-17-38-28(37)22-23-26(35)33(15-16-34)25(29(23)18-21(30)24(22)39-29)27(36)32(14-6-2)20-12-10-19(11-13-20)31(7-3)8-4/h5-6,10-13,21-25,34H,1-2,7-9,14-18H2,3-4H3/t21?,22-,23+,24-,25?,29?/m1/s1. The predicted octanol–water partition coefficient (Wildman–Crippen LogP) is 3.63. The first-order chi connectivity index (χ1) is 18.8. The lowest BCUT2D eigenvalue weighted by atomic mass is 9.71. The molecule has 1 N–H and O–H groups in total. The second kappa shape index (κ2) is 12.5. The summed E-state index contributed by atoms with van der Waals surface area (Å²) in [6.07, 6.45) is 4.44. The van der Waals surface area contributed by atoms with Gasteiger partial charge in [0.15, 0.2) is 0 Å². The van der Waals surface area contributed by atoms with Gasteiger partial charge in [0.05, 0.1) is 29.8 Å². The van der Waals surface area contributed by atoms with Crippen molar-refractivity contribution >= 4 is 56.9 Å². The Morgan fingerprint density at radius 2 is 1.87 bits per heavy atom. The van der Waals surface area contributed by atoms with Crippen LogP contribution >= 0.6 is 27.7 Å². The van der Waals surface area contributed by atoms with Crippen LogP contribution in [0.15, 0.2) is 49.6 Å². The molecule has 4 rings (SSSR count). The molecule has 3 unspecified atom stereocenters. The normalized spacial score (nSPS) is 28.8. The molecule has 3 aliphatic rings. The van der Waals surface area contributed by atoms with Gasteiger partial charge in [-0.25, -0.2) is 0 Å². The Morgan fingerprint density at radius 3 is 2.46 bits per heavy atom. The number of alkyl halides is 1. The molecule has 3 heterocycles. The number of esters is 1. The monoisotopic (exact) mass is 619 g/mol. The number of ether oxygens (including phenoxy) is 1. The lowest BCUT2D eigenvalue weighted by Crippen LogP contribution is -2.56. The number of hydrogen-bond acceptors (Lipinski definition) is 7. The zero-order valence-electron chi connectivity index (χ0n) is 22.6. The summed E-state index contributed by atoms with van der Waals surface area (Å²) in [6.45, 7) is 13.7. The third-order valence-corrected chi connectivity index (χ3v) is 11.3. The predicted molar refractivity (Wildman–Crippen MR) is 159 cm³/mol. The fourth-order valence-electron chi connectivity index (χ4n) is 6.40. The number of benzene rings is 1. The van der Waals surface area contributed by atoms with Crippen LogP contribution in [0, 0.1) is 11.8 Å². The Kier molecular flexibility index (Phi) is 9.49. The van der Waals surface area contributed by atoms with Gasteiger partial charge in [-0.15, -0.1) is 24.9 Å². The maximum absolute atomic E-state index is 14.5. The molecule has 2 bridgehead atoms. The minimum absolute atomic E-state index is 0.0206. The maximum atomic E-state index is 14.5. The van der Waals surface area contributed by atoms with Crippen molar-refractivity contribution in [1.82, 2.24) is 4.90 Å². The molecule has 1 aromatic carbocycles.